The van der Waals surface area contributed by atoms with E-state index in [4.69, 9.17) is 5.73 Å². The molecule has 0 saturated heterocycles. The number of nitrogen functional groups attached to an aromatic ring is 1. The van der Waals surface area contributed by atoms with Gasteiger partial charge in [0.25, 0.3) is 0 Å². The first-order valence-corrected chi connectivity index (χ1v) is 6.78. The van der Waals surface area contributed by atoms with Crippen LogP contribution in [0.4, 0.5) is 20.2 Å². The molecule has 3 nitrogen and oxygen atoms in total. The Balaban J connectivity index is 0.000000401. The number of aldehydes is 1. The number of anilines is 2. The fraction of sp³-hybridized carbons (Fsp3) is 0.353. The highest BCUT2D eigenvalue weighted by molar-refractivity contribution is 5.73. The van der Waals surface area contributed by atoms with Gasteiger partial charge in [-0.25, -0.2) is 8.78 Å². The smallest absolute Gasteiger partial charge is 0.149 e. The summed E-state index contributed by atoms with van der Waals surface area (Å²) in [5, 5.41) is 2.54. The lowest BCUT2D eigenvalue weighted by Crippen LogP contribution is -2.06. The van der Waals surface area contributed by atoms with Crippen molar-refractivity contribution in [3.05, 3.63) is 47.6 Å². The van der Waals surface area contributed by atoms with E-state index >= 15 is 0 Å². The molecule has 0 aliphatic heterocycles. The number of halogens is 2. The topological polar surface area (TPSA) is 55.1 Å². The van der Waals surface area contributed by atoms with Gasteiger partial charge in [-0.1, -0.05) is 33.4 Å². The van der Waals surface area contributed by atoms with Crippen LogP contribution in [0, 0.1) is 17.0 Å². The van der Waals surface area contributed by atoms with Crippen LogP contribution in [-0.2, 0) is 4.79 Å². The Morgan fingerprint density at radius 2 is 1.82 bits per heavy atom. The van der Waals surface area contributed by atoms with Gasteiger partial charge in [-0.05, 0) is 29.6 Å². The monoisotopic (exact) mass is 310 g/mol. The van der Waals surface area contributed by atoms with E-state index in [9.17, 15) is 13.6 Å². The molecule has 5 heteroatoms. The second-order valence-corrected chi connectivity index (χ2v) is 5.89. The Morgan fingerprint density at radius 3 is 2.23 bits per heavy atom. The van der Waals surface area contributed by atoms with Crippen LogP contribution in [0.3, 0.4) is 0 Å². The minimum Gasteiger partial charge on any atom is -0.396 e. The summed E-state index contributed by atoms with van der Waals surface area (Å²) in [5.41, 5.74) is 7.10. The lowest BCUT2D eigenvalue weighted by atomic mass is 9.87. The molecule has 0 radical (unpaired) electrons. The molecule has 1 aromatic carbocycles. The van der Waals surface area contributed by atoms with E-state index in [1.165, 1.54) is 13.1 Å². The third kappa shape index (κ3) is 6.52. The van der Waals surface area contributed by atoms with E-state index in [2.05, 4.69) is 32.7 Å². The van der Waals surface area contributed by atoms with Crippen LogP contribution in [0.15, 0.2) is 35.9 Å². The zero-order valence-electron chi connectivity index (χ0n) is 13.8. The number of nitrogens with two attached hydrogens (primary N) is 1. The van der Waals surface area contributed by atoms with Crippen LogP contribution >= 0.6 is 0 Å². The predicted molar refractivity (Wildman–Crippen MR) is 88.7 cm³/mol. The van der Waals surface area contributed by atoms with Crippen molar-refractivity contribution in [3.8, 4) is 0 Å². The van der Waals surface area contributed by atoms with E-state index in [0.717, 1.165) is 23.5 Å². The van der Waals surface area contributed by atoms with Gasteiger partial charge in [0.1, 0.15) is 17.9 Å². The summed E-state index contributed by atoms with van der Waals surface area (Å²) >= 11 is 0. The molecule has 0 bridgehead atoms. The average Bonchev–Trinajstić information content (AvgIpc) is 2.42. The van der Waals surface area contributed by atoms with Crippen LogP contribution in [0.2, 0.25) is 0 Å². The molecule has 0 saturated carbocycles. The van der Waals surface area contributed by atoms with E-state index in [0.29, 0.717) is 0 Å². The number of rotatable bonds is 3. The van der Waals surface area contributed by atoms with Crippen LogP contribution in [-0.4, -0.2) is 13.3 Å². The fourth-order valence-electron chi connectivity index (χ4n) is 1.28. The van der Waals surface area contributed by atoms with Crippen molar-refractivity contribution in [2.45, 2.75) is 27.7 Å². The summed E-state index contributed by atoms with van der Waals surface area (Å²) < 4.78 is 25.2. The van der Waals surface area contributed by atoms with E-state index < -0.39 is 11.6 Å². The maximum absolute atomic E-state index is 12.7. The fourth-order valence-corrected chi connectivity index (χ4v) is 1.28. The summed E-state index contributed by atoms with van der Waals surface area (Å²) in [6.45, 7) is 11.9. The molecule has 0 aliphatic rings. The second-order valence-electron chi connectivity index (χ2n) is 5.89. The summed E-state index contributed by atoms with van der Waals surface area (Å²) in [6, 6.07) is 1.96. The van der Waals surface area contributed by atoms with Crippen LogP contribution in [0.25, 0.3) is 0 Å². The SMILES string of the molecule is C=C(/C=C(\C)C=O)C(C)(C)C.CNc1cc(N)c(F)cc1F. The maximum Gasteiger partial charge on any atom is 0.149 e. The average molecular weight is 310 g/mol. The Morgan fingerprint density at radius 1 is 1.27 bits per heavy atom. The van der Waals surface area contributed by atoms with E-state index in [-0.39, 0.29) is 16.8 Å². The molecule has 0 unspecified atom stereocenters. The van der Waals surface area contributed by atoms with Gasteiger partial charge in [0, 0.05) is 13.1 Å². The lowest BCUT2D eigenvalue weighted by molar-refractivity contribution is -0.104. The molecule has 0 spiro atoms. The number of carbonyl (C=O) groups excluding carboxylic acids is 1. The maximum atomic E-state index is 12.7. The summed E-state index contributed by atoms with van der Waals surface area (Å²) in [7, 11) is 1.54. The number of allylic oxidation sites excluding steroid dienone is 3. The van der Waals surface area contributed by atoms with Gasteiger partial charge in [-0.2, -0.15) is 0 Å². The highest BCUT2D eigenvalue weighted by atomic mass is 19.1. The van der Waals surface area contributed by atoms with Crippen molar-refractivity contribution in [2.24, 2.45) is 5.41 Å². The van der Waals surface area contributed by atoms with Crippen molar-refractivity contribution in [2.75, 3.05) is 18.1 Å². The zero-order valence-corrected chi connectivity index (χ0v) is 13.8. The standard InChI is InChI=1S/C10H16O.C7H8F2N2/c1-8(7-11)6-9(2)10(3,4)5;1-11-7-3-6(10)4(8)2-5(7)9/h6-7H,2H2,1,3-5H3;2-3,11H,10H2,1H3/b8-6+;. The van der Waals surface area contributed by atoms with Gasteiger partial charge >= 0.3 is 0 Å². The molecule has 0 amide bonds. The van der Waals surface area contributed by atoms with E-state index in [1.54, 1.807) is 6.92 Å². The Labute approximate surface area is 130 Å². The van der Waals surface area contributed by atoms with Gasteiger partial charge in [0.05, 0.1) is 11.4 Å². The quantitative estimate of drug-likeness (QED) is 0.378. The molecular weight excluding hydrogens is 286 g/mol. The number of hydrogen-bond donors (Lipinski definition) is 2. The molecule has 0 atom stereocenters. The van der Waals surface area contributed by atoms with Crippen molar-refractivity contribution in [3.63, 3.8) is 0 Å². The predicted octanol–water partition coefficient (Wildman–Crippen LogP) is 4.32. The van der Waals surface area contributed by atoms with Crippen LogP contribution in [0.5, 0.6) is 0 Å². The molecule has 3 N–H and O–H groups in total. The first-order chi connectivity index (χ1) is 10.0. The molecule has 0 heterocycles. The van der Waals surface area contributed by atoms with Gasteiger partial charge < -0.3 is 11.1 Å². The molecular formula is C17H24F2N2O. The van der Waals surface area contributed by atoms with Crippen molar-refractivity contribution in [1.29, 1.82) is 0 Å². The van der Waals surface area contributed by atoms with Crippen LogP contribution < -0.4 is 11.1 Å². The molecule has 22 heavy (non-hydrogen) atoms. The van der Waals surface area contributed by atoms with Gasteiger partial charge in [-0.3, -0.25) is 4.79 Å². The van der Waals surface area contributed by atoms with Gasteiger partial charge in [0.15, 0.2) is 0 Å². The van der Waals surface area contributed by atoms with Crippen molar-refractivity contribution >= 4 is 17.7 Å². The van der Waals surface area contributed by atoms with Crippen molar-refractivity contribution < 1.29 is 13.6 Å². The normalized spacial score (nSPS) is 11.3. The lowest BCUT2D eigenvalue weighted by Gasteiger charge is -2.18. The highest BCUT2D eigenvalue weighted by Gasteiger charge is 2.12. The summed E-state index contributed by atoms with van der Waals surface area (Å²) in [4.78, 5) is 10.3. The minimum absolute atomic E-state index is 0.0595. The third-order valence-corrected chi connectivity index (χ3v) is 2.91. The van der Waals surface area contributed by atoms with Gasteiger partial charge in [0.2, 0.25) is 0 Å². The first kappa shape index (κ1) is 19.8. The molecule has 1 rings (SSSR count). The first-order valence-electron chi connectivity index (χ1n) is 6.78. The molecule has 122 valence electrons. The molecule has 0 aliphatic carbocycles. The second kappa shape index (κ2) is 8.32. The largest absolute Gasteiger partial charge is 0.396 e. The van der Waals surface area contributed by atoms with Gasteiger partial charge in [-0.15, -0.1) is 0 Å². The van der Waals surface area contributed by atoms with E-state index in [1.807, 2.05) is 6.08 Å². The number of nitrogens with one attached hydrogen (secondary N) is 1. The highest BCUT2D eigenvalue weighted by Crippen LogP contribution is 2.24. The third-order valence-electron chi connectivity index (χ3n) is 2.91. The number of carbonyl (C=O) groups is 1. The van der Waals surface area contributed by atoms with Crippen LogP contribution in [0.1, 0.15) is 27.7 Å². The Kier molecular flexibility index (Phi) is 7.50. The zero-order chi connectivity index (χ0) is 17.5. The summed E-state index contributed by atoms with van der Waals surface area (Å²) in [6.07, 6.45) is 2.67. The summed E-state index contributed by atoms with van der Waals surface area (Å²) in [5.74, 6) is -1.37. The van der Waals surface area contributed by atoms with Crippen molar-refractivity contribution in [1.82, 2.24) is 0 Å². The Hall–Kier alpha value is -2.17. The minimum atomic E-state index is -0.735. The Bertz CT molecular complexity index is 573. The number of benzene rings is 1. The number of hydrogen-bond acceptors (Lipinski definition) is 3. The molecule has 0 fully saturated rings. The molecule has 0 aromatic heterocycles. The molecule has 1 aromatic rings.